The van der Waals surface area contributed by atoms with Crippen molar-refractivity contribution < 1.29 is 43.0 Å². The number of hydrogen-bond acceptors (Lipinski definition) is 12. The maximum absolute atomic E-state index is 13.7. The van der Waals surface area contributed by atoms with E-state index in [-0.39, 0.29) is 56.6 Å². The quantitative estimate of drug-likeness (QED) is 0.0304. The maximum Gasteiger partial charge on any atom is 0.248 e. The van der Waals surface area contributed by atoms with Crippen LogP contribution in [0.15, 0.2) is 127 Å². The van der Waals surface area contributed by atoms with Crippen LogP contribution in [0.5, 0.6) is 17.2 Å². The number of H-pyrrole nitrogens is 3. The molecule has 0 bridgehead atoms. The van der Waals surface area contributed by atoms with Gasteiger partial charge < -0.3 is 78.3 Å². The van der Waals surface area contributed by atoms with Gasteiger partial charge in [0.05, 0.1) is 40.6 Å². The predicted octanol–water partition coefficient (Wildman–Crippen LogP) is 6.14. The first kappa shape index (κ1) is 59.7. The fourth-order valence-corrected chi connectivity index (χ4v) is 10.6. The third kappa shape index (κ3) is 13.8. The molecule has 0 saturated carbocycles. The van der Waals surface area contributed by atoms with E-state index < -0.39 is 41.8 Å². The zero-order valence-corrected chi connectivity index (χ0v) is 48.1. The summed E-state index contributed by atoms with van der Waals surface area (Å²) < 4.78 is 16.2. The fourth-order valence-electron chi connectivity index (χ4n) is 10.6. The molecule has 6 amide bonds. The van der Waals surface area contributed by atoms with Gasteiger partial charge in [-0.2, -0.15) is 0 Å². The van der Waals surface area contributed by atoms with Gasteiger partial charge in [0.25, 0.3) is 0 Å². The number of nitrogens with two attached hydrogens (primary N) is 3. The van der Waals surface area contributed by atoms with Gasteiger partial charge in [0.1, 0.15) is 35.4 Å². The van der Waals surface area contributed by atoms with Crippen LogP contribution in [0.1, 0.15) is 56.4 Å². The lowest BCUT2D eigenvalue weighted by molar-refractivity contribution is -0.125. The molecule has 0 saturated heterocycles. The molecule has 3 atom stereocenters. The number of benzene rings is 6. The van der Waals surface area contributed by atoms with Gasteiger partial charge in [-0.05, 0) is 145 Å². The number of aryl methyl sites for hydroxylation is 3. The highest BCUT2D eigenvalue weighted by Gasteiger charge is 2.26. The number of hydrogen-bond donors (Lipinski definition) is 12. The van der Waals surface area contributed by atoms with Crippen LogP contribution in [0.2, 0.25) is 0 Å². The minimum absolute atomic E-state index is 0.00585. The summed E-state index contributed by atoms with van der Waals surface area (Å²) in [6, 6.07) is 35.3. The van der Waals surface area contributed by atoms with Crippen molar-refractivity contribution in [2.75, 3.05) is 56.9 Å². The molecule has 21 heteroatoms. The summed E-state index contributed by atoms with van der Waals surface area (Å²) in [6.07, 6.45) is 0.0176. The monoisotopic (exact) mass is 1150 g/mol. The molecular formula is C64H70N12O9. The van der Waals surface area contributed by atoms with E-state index in [0.717, 1.165) is 83.2 Å². The molecule has 440 valence electrons. The molecule has 85 heavy (non-hydrogen) atoms. The SMILES string of the molecule is COc1ccc2[nH]c(C)c(CC(=O)N[C@@H](CN)C(=O)Nc3ccc(C(c4ccc(NC(=O)[C@H](CN)NC(=O)Cc5c(C)[nH]c6ccc(OC)cc56)cc4)c4ccc(NC(=O)[C@H](CN)NC(=O)Cc5c(C)[nH]c6ccc(OC)cc56)cc4)cc3)c2c1. The molecule has 0 fully saturated rings. The maximum atomic E-state index is 13.7. The van der Waals surface area contributed by atoms with E-state index in [4.69, 9.17) is 31.4 Å². The molecule has 0 unspecified atom stereocenters. The van der Waals surface area contributed by atoms with Crippen molar-refractivity contribution in [3.8, 4) is 17.2 Å². The van der Waals surface area contributed by atoms with Gasteiger partial charge >= 0.3 is 0 Å². The van der Waals surface area contributed by atoms with Crippen LogP contribution in [0.3, 0.4) is 0 Å². The van der Waals surface area contributed by atoms with E-state index in [1.54, 1.807) is 57.7 Å². The summed E-state index contributed by atoms with van der Waals surface area (Å²) in [4.78, 5) is 91.2. The van der Waals surface area contributed by atoms with Gasteiger partial charge in [-0.25, -0.2) is 0 Å². The average Bonchev–Trinajstić information content (AvgIpc) is 4.26. The van der Waals surface area contributed by atoms with Crippen LogP contribution in [0, 0.1) is 20.8 Å². The van der Waals surface area contributed by atoms with Crippen LogP contribution >= 0.6 is 0 Å². The minimum Gasteiger partial charge on any atom is -0.497 e. The number of rotatable bonds is 24. The Morgan fingerprint density at radius 1 is 0.400 bits per heavy atom. The summed E-state index contributed by atoms with van der Waals surface area (Å²) in [5.74, 6) is -1.14. The van der Waals surface area contributed by atoms with Crippen molar-refractivity contribution in [2.24, 2.45) is 17.2 Å². The zero-order valence-electron chi connectivity index (χ0n) is 48.1. The Balaban J connectivity index is 0.897. The first-order chi connectivity index (χ1) is 41.0. The van der Waals surface area contributed by atoms with Gasteiger partial charge in [0.2, 0.25) is 35.4 Å². The first-order valence-corrected chi connectivity index (χ1v) is 27.7. The summed E-state index contributed by atoms with van der Waals surface area (Å²) in [6.45, 7) is 5.18. The number of methoxy groups -OCH3 is 3. The van der Waals surface area contributed by atoms with Crippen molar-refractivity contribution in [3.05, 3.63) is 178 Å². The Labute approximate surface area is 490 Å². The Kier molecular flexibility index (Phi) is 18.6. The number of ether oxygens (including phenoxy) is 3. The Bertz CT molecular complexity index is 3520. The van der Waals surface area contributed by atoms with Gasteiger partial charge in [-0.1, -0.05) is 36.4 Å². The van der Waals surface area contributed by atoms with Gasteiger partial charge in [0.15, 0.2) is 0 Å². The second-order valence-corrected chi connectivity index (χ2v) is 20.8. The van der Waals surface area contributed by atoms with Crippen molar-refractivity contribution in [1.29, 1.82) is 0 Å². The van der Waals surface area contributed by atoms with E-state index in [0.29, 0.717) is 34.3 Å². The minimum atomic E-state index is -1.04. The number of carbonyl (C=O) groups excluding carboxylic acids is 6. The lowest BCUT2D eigenvalue weighted by atomic mass is 9.85. The molecule has 0 radical (unpaired) electrons. The van der Waals surface area contributed by atoms with Crippen molar-refractivity contribution in [2.45, 2.75) is 64.1 Å². The molecule has 6 aromatic carbocycles. The third-order valence-corrected chi connectivity index (χ3v) is 15.2. The topological polar surface area (TPSA) is 328 Å². The second-order valence-electron chi connectivity index (χ2n) is 20.8. The van der Waals surface area contributed by atoms with Crippen molar-refractivity contribution >= 4 is 85.2 Å². The van der Waals surface area contributed by atoms with E-state index >= 15 is 0 Å². The molecule has 0 spiro atoms. The number of aromatic nitrogens is 3. The largest absolute Gasteiger partial charge is 0.497 e. The molecule has 9 aromatic rings. The standard InChI is InChI=1S/C64H70N12O9/c1-34-46(49-25-43(83-4)19-22-52(49)68-34)28-58(77)74-55(31-65)62(80)71-40-13-7-37(8-14-40)61(38-9-15-41(16-10-38)72-63(81)56(32-66)75-59(78)29-47-35(2)69-53-23-20-44(84-5)26-50(47)53)39-11-17-42(18-12-39)73-64(82)57(33-67)76-60(79)30-48-36(3)70-54-24-21-45(85-6)27-51(48)54/h7-27,55-57,61,68-70H,28-33,65-67H2,1-6H3,(H,71,80)(H,72,81)(H,73,82)(H,74,77)(H,75,78)(H,76,79)/t55-,56-,57-/m0/s1. The molecule has 3 heterocycles. The van der Waals surface area contributed by atoms with E-state index in [1.807, 2.05) is 112 Å². The van der Waals surface area contributed by atoms with Crippen LogP contribution in [0.4, 0.5) is 17.1 Å². The Morgan fingerprint density at radius 2 is 0.659 bits per heavy atom. The predicted molar refractivity (Wildman–Crippen MR) is 329 cm³/mol. The Morgan fingerprint density at radius 3 is 0.894 bits per heavy atom. The number of fused-ring (bicyclic) bond motifs is 3. The lowest BCUT2D eigenvalue weighted by Crippen LogP contribution is -2.48. The molecule has 15 N–H and O–H groups in total. The van der Waals surface area contributed by atoms with Crippen LogP contribution in [0.25, 0.3) is 32.7 Å². The molecular weight excluding hydrogens is 1080 g/mol. The summed E-state index contributed by atoms with van der Waals surface area (Å²) in [5, 5.41) is 19.6. The number of amides is 6. The van der Waals surface area contributed by atoms with Crippen LogP contribution in [-0.4, -0.2) is 109 Å². The lowest BCUT2D eigenvalue weighted by Gasteiger charge is -2.22. The highest BCUT2D eigenvalue weighted by Crippen LogP contribution is 2.35. The summed E-state index contributed by atoms with van der Waals surface area (Å²) >= 11 is 0. The normalized spacial score (nSPS) is 12.4. The first-order valence-electron chi connectivity index (χ1n) is 27.7. The third-order valence-electron chi connectivity index (χ3n) is 15.2. The Hall–Kier alpha value is -9.96. The molecule has 0 aliphatic carbocycles. The van der Waals surface area contributed by atoms with E-state index in [2.05, 4.69) is 46.9 Å². The molecule has 0 aliphatic heterocycles. The van der Waals surface area contributed by atoms with Gasteiger partial charge in [0, 0.05) is 92.4 Å². The number of nitrogens with one attached hydrogen (secondary N) is 9. The zero-order chi connectivity index (χ0) is 60.5. The number of carbonyl (C=O) groups is 6. The van der Waals surface area contributed by atoms with Crippen molar-refractivity contribution in [1.82, 2.24) is 30.9 Å². The van der Waals surface area contributed by atoms with E-state index in [9.17, 15) is 28.8 Å². The highest BCUT2D eigenvalue weighted by molar-refractivity contribution is 6.01. The van der Waals surface area contributed by atoms with Crippen LogP contribution in [-0.2, 0) is 48.0 Å². The smallest absolute Gasteiger partial charge is 0.248 e. The van der Waals surface area contributed by atoms with Crippen molar-refractivity contribution in [3.63, 3.8) is 0 Å². The highest BCUT2D eigenvalue weighted by atomic mass is 16.5. The molecule has 21 nitrogen and oxygen atoms in total. The van der Waals surface area contributed by atoms with Crippen LogP contribution < -0.4 is 63.3 Å². The second kappa shape index (κ2) is 26.5. The molecule has 0 aliphatic rings. The number of anilines is 3. The van der Waals surface area contributed by atoms with Gasteiger partial charge in [-0.3, -0.25) is 28.8 Å². The fraction of sp³-hybridized carbons (Fsp3) is 0.250. The molecule has 9 rings (SSSR count). The summed E-state index contributed by atoms with van der Waals surface area (Å²) in [5.41, 5.74) is 29.3. The van der Waals surface area contributed by atoms with E-state index in [1.165, 1.54) is 0 Å². The van der Waals surface area contributed by atoms with Gasteiger partial charge in [-0.15, -0.1) is 0 Å². The number of aromatic amines is 3. The summed E-state index contributed by atoms with van der Waals surface area (Å²) in [7, 11) is 4.73. The average molecular weight is 1150 g/mol. The molecule has 3 aromatic heterocycles.